The van der Waals surface area contributed by atoms with E-state index in [4.69, 9.17) is 14.3 Å². The van der Waals surface area contributed by atoms with Crippen LogP contribution in [0.2, 0.25) is 0 Å². The molecule has 16 heavy (non-hydrogen) atoms. The molecule has 0 bridgehead atoms. The highest BCUT2D eigenvalue weighted by molar-refractivity contribution is 5.90. The summed E-state index contributed by atoms with van der Waals surface area (Å²) in [6.45, 7) is 0. The molecule has 0 unspecified atom stereocenters. The summed E-state index contributed by atoms with van der Waals surface area (Å²) in [4.78, 5) is 14.5. The average Bonchev–Trinajstić information content (AvgIpc) is 2.69. The third kappa shape index (κ3) is 1.88. The van der Waals surface area contributed by atoms with Crippen LogP contribution in [0.1, 0.15) is 5.56 Å². The van der Waals surface area contributed by atoms with Gasteiger partial charge in [-0.25, -0.2) is 4.79 Å². The lowest BCUT2D eigenvalue weighted by atomic mass is 10.2. The van der Waals surface area contributed by atoms with Crippen molar-refractivity contribution in [1.82, 2.24) is 4.98 Å². The Balaban J connectivity index is 2.52. The van der Waals surface area contributed by atoms with Gasteiger partial charge in [-0.3, -0.25) is 0 Å². The third-order valence-corrected chi connectivity index (χ3v) is 2.01. The summed E-state index contributed by atoms with van der Waals surface area (Å²) in [6.07, 6.45) is 2.67. The third-order valence-electron chi connectivity index (χ3n) is 2.01. The first-order valence-electron chi connectivity index (χ1n) is 4.55. The number of carboxylic acid groups (broad SMARTS) is 1. The van der Waals surface area contributed by atoms with E-state index in [1.54, 1.807) is 18.2 Å². The molecule has 1 aromatic carbocycles. The zero-order valence-corrected chi connectivity index (χ0v) is 8.51. The standard InChI is InChI=1S/C11H9NO4/c1-15-11-12-10-7(5-6-9(13)14)3-2-4-8(10)16-11/h2-6H,1H3,(H,13,14)/b6-5+. The molecule has 0 aliphatic heterocycles. The van der Waals surface area contributed by atoms with Crippen molar-refractivity contribution in [2.24, 2.45) is 0 Å². The van der Waals surface area contributed by atoms with Gasteiger partial charge in [-0.1, -0.05) is 12.1 Å². The molecular formula is C11H9NO4. The first-order valence-corrected chi connectivity index (χ1v) is 4.55. The number of benzene rings is 1. The molecular weight excluding hydrogens is 210 g/mol. The molecule has 0 saturated heterocycles. The molecule has 5 heteroatoms. The fourth-order valence-electron chi connectivity index (χ4n) is 1.33. The Morgan fingerprint density at radius 1 is 1.56 bits per heavy atom. The van der Waals surface area contributed by atoms with E-state index in [1.165, 1.54) is 13.2 Å². The number of carbonyl (C=O) groups is 1. The predicted octanol–water partition coefficient (Wildman–Crippen LogP) is 1.93. The Morgan fingerprint density at radius 2 is 2.38 bits per heavy atom. The van der Waals surface area contributed by atoms with E-state index in [-0.39, 0.29) is 6.08 Å². The number of nitrogens with zero attached hydrogens (tertiary/aromatic N) is 1. The van der Waals surface area contributed by atoms with Crippen LogP contribution in [0.5, 0.6) is 6.08 Å². The van der Waals surface area contributed by atoms with Crippen LogP contribution in [0.25, 0.3) is 17.2 Å². The van der Waals surface area contributed by atoms with Gasteiger partial charge in [0.2, 0.25) is 0 Å². The van der Waals surface area contributed by atoms with Crippen LogP contribution in [0.4, 0.5) is 0 Å². The van der Waals surface area contributed by atoms with Crippen LogP contribution >= 0.6 is 0 Å². The Labute approximate surface area is 91.0 Å². The number of para-hydroxylation sites is 1. The van der Waals surface area contributed by atoms with Gasteiger partial charge in [-0.05, 0) is 12.1 Å². The van der Waals surface area contributed by atoms with E-state index in [9.17, 15) is 4.79 Å². The molecule has 0 atom stereocenters. The minimum absolute atomic E-state index is 0.158. The molecule has 0 radical (unpaired) electrons. The highest BCUT2D eigenvalue weighted by Gasteiger charge is 2.07. The second kappa shape index (κ2) is 4.06. The maximum absolute atomic E-state index is 10.4. The van der Waals surface area contributed by atoms with Gasteiger partial charge in [0.1, 0.15) is 5.52 Å². The summed E-state index contributed by atoms with van der Waals surface area (Å²) in [7, 11) is 1.46. The monoisotopic (exact) mass is 219 g/mol. The van der Waals surface area contributed by atoms with Crippen LogP contribution < -0.4 is 4.74 Å². The minimum Gasteiger partial charge on any atom is -0.478 e. The van der Waals surface area contributed by atoms with E-state index in [0.717, 1.165) is 6.08 Å². The summed E-state index contributed by atoms with van der Waals surface area (Å²) < 4.78 is 10.1. The molecule has 1 heterocycles. The maximum Gasteiger partial charge on any atom is 0.394 e. The largest absolute Gasteiger partial charge is 0.478 e. The molecule has 2 rings (SSSR count). The SMILES string of the molecule is COc1nc2c(/C=C/C(=O)O)cccc2o1. The number of rotatable bonds is 3. The van der Waals surface area contributed by atoms with Crippen molar-refractivity contribution >= 4 is 23.1 Å². The van der Waals surface area contributed by atoms with Gasteiger partial charge in [-0.15, -0.1) is 0 Å². The summed E-state index contributed by atoms with van der Waals surface area (Å²) in [6, 6.07) is 5.25. The molecule has 0 aliphatic rings. The Bertz CT molecular complexity index is 556. The highest BCUT2D eigenvalue weighted by Crippen LogP contribution is 2.24. The van der Waals surface area contributed by atoms with Crippen LogP contribution in [-0.2, 0) is 4.79 Å². The topological polar surface area (TPSA) is 72.6 Å². The van der Waals surface area contributed by atoms with Crippen molar-refractivity contribution in [3.05, 3.63) is 29.8 Å². The highest BCUT2D eigenvalue weighted by atomic mass is 16.6. The fraction of sp³-hybridized carbons (Fsp3) is 0.0909. The van der Waals surface area contributed by atoms with Crippen molar-refractivity contribution in [3.8, 4) is 6.08 Å². The zero-order valence-electron chi connectivity index (χ0n) is 8.51. The maximum atomic E-state index is 10.4. The molecule has 0 aliphatic carbocycles. The second-order valence-electron chi connectivity index (χ2n) is 3.05. The second-order valence-corrected chi connectivity index (χ2v) is 3.05. The lowest BCUT2D eigenvalue weighted by molar-refractivity contribution is -0.131. The zero-order chi connectivity index (χ0) is 11.5. The van der Waals surface area contributed by atoms with Gasteiger partial charge in [0, 0.05) is 11.6 Å². The van der Waals surface area contributed by atoms with Gasteiger partial charge < -0.3 is 14.3 Å². The molecule has 0 amide bonds. The fourth-order valence-corrected chi connectivity index (χ4v) is 1.33. The van der Waals surface area contributed by atoms with Crippen molar-refractivity contribution in [3.63, 3.8) is 0 Å². The summed E-state index contributed by atoms with van der Waals surface area (Å²) in [5, 5.41) is 8.54. The molecule has 82 valence electrons. The number of methoxy groups -OCH3 is 1. The lowest BCUT2D eigenvalue weighted by Crippen LogP contribution is -1.86. The predicted molar refractivity (Wildman–Crippen MR) is 57.2 cm³/mol. The van der Waals surface area contributed by atoms with Gasteiger partial charge >= 0.3 is 12.0 Å². The van der Waals surface area contributed by atoms with Crippen LogP contribution in [-0.4, -0.2) is 23.2 Å². The smallest absolute Gasteiger partial charge is 0.394 e. The first-order chi connectivity index (χ1) is 7.70. The number of aliphatic carboxylic acids is 1. The van der Waals surface area contributed by atoms with Gasteiger partial charge in [0.05, 0.1) is 7.11 Å². The van der Waals surface area contributed by atoms with Crippen LogP contribution in [0, 0.1) is 0 Å². The van der Waals surface area contributed by atoms with Crippen molar-refractivity contribution in [1.29, 1.82) is 0 Å². The molecule has 1 aromatic heterocycles. The van der Waals surface area contributed by atoms with E-state index in [2.05, 4.69) is 4.98 Å². The number of carboxylic acids is 1. The van der Waals surface area contributed by atoms with Crippen LogP contribution in [0.15, 0.2) is 28.7 Å². The normalized spacial score (nSPS) is 11.1. The van der Waals surface area contributed by atoms with Gasteiger partial charge in [0.15, 0.2) is 5.58 Å². The first kappa shape index (κ1) is 10.2. The number of aromatic nitrogens is 1. The Kier molecular flexibility index (Phi) is 2.59. The van der Waals surface area contributed by atoms with Gasteiger partial charge in [-0.2, -0.15) is 4.98 Å². The number of ether oxygens (including phenoxy) is 1. The van der Waals surface area contributed by atoms with E-state index in [0.29, 0.717) is 16.7 Å². The number of hydrogen-bond acceptors (Lipinski definition) is 4. The minimum atomic E-state index is -1.01. The average molecular weight is 219 g/mol. The molecule has 1 N–H and O–H groups in total. The molecule has 0 spiro atoms. The van der Waals surface area contributed by atoms with Crippen LogP contribution in [0.3, 0.4) is 0 Å². The van der Waals surface area contributed by atoms with E-state index < -0.39 is 5.97 Å². The quantitative estimate of drug-likeness (QED) is 0.798. The van der Waals surface area contributed by atoms with E-state index in [1.807, 2.05) is 0 Å². The summed E-state index contributed by atoms with van der Waals surface area (Å²) in [5.41, 5.74) is 1.81. The van der Waals surface area contributed by atoms with Crippen molar-refractivity contribution in [2.75, 3.05) is 7.11 Å². The molecule has 5 nitrogen and oxygen atoms in total. The van der Waals surface area contributed by atoms with Crippen molar-refractivity contribution in [2.45, 2.75) is 0 Å². The number of fused-ring (bicyclic) bond motifs is 1. The lowest BCUT2D eigenvalue weighted by Gasteiger charge is -1.91. The van der Waals surface area contributed by atoms with Gasteiger partial charge in [0.25, 0.3) is 0 Å². The number of oxazole rings is 1. The summed E-state index contributed by atoms with van der Waals surface area (Å²) >= 11 is 0. The Morgan fingerprint density at radius 3 is 3.06 bits per heavy atom. The van der Waals surface area contributed by atoms with E-state index >= 15 is 0 Å². The molecule has 2 aromatic rings. The number of hydrogen-bond donors (Lipinski definition) is 1. The molecule has 0 fully saturated rings. The molecule has 0 saturated carbocycles. The summed E-state index contributed by atoms with van der Waals surface area (Å²) in [5.74, 6) is -1.01. The van der Waals surface area contributed by atoms with Crippen molar-refractivity contribution < 1.29 is 19.1 Å². The Hall–Kier alpha value is -2.30.